The van der Waals surface area contributed by atoms with E-state index in [-0.39, 0.29) is 12.0 Å². The van der Waals surface area contributed by atoms with Crippen LogP contribution in [0.1, 0.15) is 43.1 Å². The van der Waals surface area contributed by atoms with Crippen LogP contribution in [0.25, 0.3) is 5.69 Å². The maximum Gasteiger partial charge on any atom is 0.0804 e. The summed E-state index contributed by atoms with van der Waals surface area (Å²) in [5.74, 6) is 0. The molecule has 1 aliphatic heterocycles. The van der Waals surface area contributed by atoms with Crippen molar-refractivity contribution >= 4 is 0 Å². The Bertz CT molecular complexity index is 709. The number of aromatic nitrogens is 2. The molecular weight excluding hydrogens is 298 g/mol. The van der Waals surface area contributed by atoms with Crippen molar-refractivity contribution in [3.8, 4) is 5.69 Å². The molecule has 1 aliphatic carbocycles. The van der Waals surface area contributed by atoms with Crippen molar-refractivity contribution in [2.45, 2.75) is 45.6 Å². The summed E-state index contributed by atoms with van der Waals surface area (Å²) in [6.07, 6.45) is 5.81. The molecule has 1 saturated heterocycles. The Morgan fingerprint density at radius 2 is 2.00 bits per heavy atom. The van der Waals surface area contributed by atoms with E-state index in [4.69, 9.17) is 5.10 Å². The molecule has 1 fully saturated rings. The number of aliphatic hydroxyl groups is 1. The van der Waals surface area contributed by atoms with Gasteiger partial charge in [0.1, 0.15) is 0 Å². The smallest absolute Gasteiger partial charge is 0.0804 e. The van der Waals surface area contributed by atoms with Gasteiger partial charge >= 0.3 is 0 Å². The third kappa shape index (κ3) is 2.89. The fraction of sp³-hybridized carbons (Fsp3) is 0.550. The van der Waals surface area contributed by atoms with Crippen molar-refractivity contribution in [1.29, 1.82) is 0 Å². The van der Waals surface area contributed by atoms with Crippen LogP contribution in [0.15, 0.2) is 30.3 Å². The molecule has 1 aromatic carbocycles. The number of hydrogen-bond donors (Lipinski definition) is 1. The number of fused-ring (bicyclic) bond motifs is 1. The monoisotopic (exact) mass is 325 g/mol. The van der Waals surface area contributed by atoms with Crippen LogP contribution in [0.3, 0.4) is 0 Å². The molecule has 0 bridgehead atoms. The molecule has 1 unspecified atom stereocenters. The van der Waals surface area contributed by atoms with E-state index in [2.05, 4.69) is 46.8 Å². The number of para-hydroxylation sites is 1. The van der Waals surface area contributed by atoms with E-state index in [9.17, 15) is 5.11 Å². The molecule has 2 aliphatic rings. The molecule has 4 nitrogen and oxygen atoms in total. The quantitative estimate of drug-likeness (QED) is 0.940. The average molecular weight is 325 g/mol. The Labute approximate surface area is 144 Å². The maximum absolute atomic E-state index is 9.70. The number of aliphatic hydroxyl groups excluding tert-OH is 1. The Morgan fingerprint density at radius 3 is 2.79 bits per heavy atom. The van der Waals surface area contributed by atoms with Gasteiger partial charge in [0.05, 0.1) is 11.4 Å². The van der Waals surface area contributed by atoms with Crippen LogP contribution in [0.4, 0.5) is 0 Å². The fourth-order valence-electron chi connectivity index (χ4n) is 4.33. The lowest BCUT2D eigenvalue weighted by atomic mass is 9.83. The first kappa shape index (κ1) is 15.9. The Morgan fingerprint density at radius 1 is 1.17 bits per heavy atom. The first-order valence-electron chi connectivity index (χ1n) is 9.17. The molecule has 0 amide bonds. The van der Waals surface area contributed by atoms with Crippen LogP contribution >= 0.6 is 0 Å². The van der Waals surface area contributed by atoms with E-state index in [0.29, 0.717) is 0 Å². The molecule has 24 heavy (non-hydrogen) atoms. The number of hydrogen-bond acceptors (Lipinski definition) is 3. The Balaban J connectivity index is 1.60. The third-order valence-electron chi connectivity index (χ3n) is 5.63. The van der Waals surface area contributed by atoms with Crippen molar-refractivity contribution in [1.82, 2.24) is 14.7 Å². The summed E-state index contributed by atoms with van der Waals surface area (Å²) >= 11 is 0. The summed E-state index contributed by atoms with van der Waals surface area (Å²) in [4.78, 5) is 2.48. The molecule has 1 aromatic heterocycles. The van der Waals surface area contributed by atoms with Crippen molar-refractivity contribution in [3.63, 3.8) is 0 Å². The fourth-order valence-corrected chi connectivity index (χ4v) is 4.33. The molecular formula is C20H27N3O. The number of piperidine rings is 1. The molecule has 4 rings (SSSR count). The maximum atomic E-state index is 9.70. The molecule has 0 spiro atoms. The van der Waals surface area contributed by atoms with Gasteiger partial charge < -0.3 is 5.11 Å². The van der Waals surface area contributed by atoms with Crippen LogP contribution in [0, 0.1) is 5.41 Å². The van der Waals surface area contributed by atoms with Gasteiger partial charge in [-0.25, -0.2) is 4.68 Å². The Kier molecular flexibility index (Phi) is 4.19. The second kappa shape index (κ2) is 6.34. The van der Waals surface area contributed by atoms with E-state index in [1.54, 1.807) is 0 Å². The lowest BCUT2D eigenvalue weighted by Crippen LogP contribution is -2.43. The standard InChI is InChI=1S/C20H27N3O/c1-20(15-24)11-6-12-22(14-20)13-18-17-9-5-10-19(17)23(21-18)16-7-3-2-4-8-16/h2-4,7-8,24H,5-6,9-15H2,1H3. The zero-order valence-electron chi connectivity index (χ0n) is 14.5. The number of nitrogens with zero attached hydrogens (tertiary/aromatic N) is 3. The van der Waals surface area contributed by atoms with E-state index in [0.717, 1.165) is 38.9 Å². The molecule has 128 valence electrons. The van der Waals surface area contributed by atoms with Crippen LogP contribution in [0.5, 0.6) is 0 Å². The first-order chi connectivity index (χ1) is 11.7. The number of rotatable bonds is 4. The Hall–Kier alpha value is -1.65. The highest BCUT2D eigenvalue weighted by molar-refractivity contribution is 5.39. The first-order valence-corrected chi connectivity index (χ1v) is 9.17. The van der Waals surface area contributed by atoms with Crippen LogP contribution in [-0.2, 0) is 19.4 Å². The molecule has 2 heterocycles. The molecule has 1 atom stereocenters. The number of benzene rings is 1. The van der Waals surface area contributed by atoms with Crippen LogP contribution in [0.2, 0.25) is 0 Å². The van der Waals surface area contributed by atoms with Gasteiger partial charge in [0.25, 0.3) is 0 Å². The van der Waals surface area contributed by atoms with Gasteiger partial charge in [-0.3, -0.25) is 4.90 Å². The van der Waals surface area contributed by atoms with E-state index in [1.807, 2.05) is 0 Å². The molecule has 0 saturated carbocycles. The van der Waals surface area contributed by atoms with Crippen molar-refractivity contribution in [3.05, 3.63) is 47.3 Å². The van der Waals surface area contributed by atoms with Gasteiger partial charge in [-0.15, -0.1) is 0 Å². The highest BCUT2D eigenvalue weighted by atomic mass is 16.3. The van der Waals surface area contributed by atoms with E-state index < -0.39 is 0 Å². The van der Waals surface area contributed by atoms with Gasteiger partial charge in [0.2, 0.25) is 0 Å². The molecule has 2 aromatic rings. The van der Waals surface area contributed by atoms with E-state index >= 15 is 0 Å². The summed E-state index contributed by atoms with van der Waals surface area (Å²) in [5.41, 5.74) is 5.33. The van der Waals surface area contributed by atoms with E-state index in [1.165, 1.54) is 35.5 Å². The summed E-state index contributed by atoms with van der Waals surface area (Å²) in [7, 11) is 0. The summed E-state index contributed by atoms with van der Waals surface area (Å²) in [6.45, 7) is 5.48. The summed E-state index contributed by atoms with van der Waals surface area (Å²) in [5, 5.41) is 14.7. The predicted octanol–water partition coefficient (Wildman–Crippen LogP) is 2.96. The number of likely N-dealkylation sites (tertiary alicyclic amines) is 1. The minimum absolute atomic E-state index is 0.0451. The zero-order valence-corrected chi connectivity index (χ0v) is 14.5. The predicted molar refractivity (Wildman–Crippen MR) is 95.3 cm³/mol. The highest BCUT2D eigenvalue weighted by Gasteiger charge is 2.32. The van der Waals surface area contributed by atoms with Gasteiger partial charge in [-0.2, -0.15) is 5.10 Å². The summed E-state index contributed by atoms with van der Waals surface area (Å²) < 4.78 is 2.16. The minimum Gasteiger partial charge on any atom is -0.396 e. The second-order valence-electron chi connectivity index (χ2n) is 7.76. The zero-order chi connectivity index (χ0) is 16.6. The minimum atomic E-state index is 0.0451. The lowest BCUT2D eigenvalue weighted by Gasteiger charge is -2.39. The van der Waals surface area contributed by atoms with Gasteiger partial charge in [0.15, 0.2) is 0 Å². The van der Waals surface area contributed by atoms with Crippen molar-refractivity contribution in [2.75, 3.05) is 19.7 Å². The molecule has 1 N–H and O–H groups in total. The SMILES string of the molecule is CC1(CO)CCCN(Cc2nn(-c3ccccc3)c3c2CCC3)C1. The molecule has 4 heteroatoms. The highest BCUT2D eigenvalue weighted by Crippen LogP contribution is 2.32. The van der Waals surface area contributed by atoms with Crippen LogP contribution in [-0.4, -0.2) is 39.5 Å². The van der Waals surface area contributed by atoms with Crippen LogP contribution < -0.4 is 0 Å². The molecule has 0 radical (unpaired) electrons. The normalized spacial score (nSPS) is 24.2. The summed E-state index contributed by atoms with van der Waals surface area (Å²) in [6, 6.07) is 10.5. The second-order valence-corrected chi connectivity index (χ2v) is 7.76. The van der Waals surface area contributed by atoms with Crippen molar-refractivity contribution in [2.24, 2.45) is 5.41 Å². The van der Waals surface area contributed by atoms with Gasteiger partial charge in [0, 0.05) is 30.8 Å². The lowest BCUT2D eigenvalue weighted by molar-refractivity contribution is 0.0422. The van der Waals surface area contributed by atoms with Gasteiger partial charge in [-0.1, -0.05) is 25.1 Å². The average Bonchev–Trinajstić information content (AvgIpc) is 3.20. The van der Waals surface area contributed by atoms with Crippen molar-refractivity contribution < 1.29 is 5.11 Å². The third-order valence-corrected chi connectivity index (χ3v) is 5.63. The van der Waals surface area contributed by atoms with Gasteiger partial charge in [-0.05, 0) is 56.3 Å². The largest absolute Gasteiger partial charge is 0.396 e. The topological polar surface area (TPSA) is 41.3 Å².